The zero-order valence-corrected chi connectivity index (χ0v) is 18.3. The van der Waals surface area contributed by atoms with E-state index in [0.717, 1.165) is 64.2 Å². The van der Waals surface area contributed by atoms with Crippen LogP contribution in [0, 0.1) is 5.92 Å². The van der Waals surface area contributed by atoms with Crippen molar-refractivity contribution in [3.63, 3.8) is 0 Å². The first kappa shape index (κ1) is 21.9. The number of benzene rings is 1. The summed E-state index contributed by atoms with van der Waals surface area (Å²) in [5.41, 5.74) is 2.60. The molecule has 1 aromatic carbocycles. The van der Waals surface area contributed by atoms with Gasteiger partial charge >= 0.3 is 0 Å². The number of hydrogen-bond donors (Lipinski definition) is 2. The Morgan fingerprint density at radius 1 is 1.07 bits per heavy atom. The predicted octanol–water partition coefficient (Wildman–Crippen LogP) is 2.70. The third-order valence-electron chi connectivity index (χ3n) is 5.90. The fraction of sp³-hybridized carbons (Fsp3) is 0.696. The Labute approximate surface area is 176 Å². The molecule has 2 saturated heterocycles. The van der Waals surface area contributed by atoms with Crippen molar-refractivity contribution >= 4 is 11.6 Å². The molecule has 0 radical (unpaired) electrons. The van der Waals surface area contributed by atoms with Crippen molar-refractivity contribution in [1.29, 1.82) is 0 Å². The van der Waals surface area contributed by atoms with E-state index in [1.54, 1.807) is 0 Å². The summed E-state index contributed by atoms with van der Waals surface area (Å²) in [6.07, 6.45) is 3.72. The van der Waals surface area contributed by atoms with E-state index in [4.69, 9.17) is 9.73 Å². The third-order valence-corrected chi connectivity index (χ3v) is 5.90. The van der Waals surface area contributed by atoms with E-state index in [1.807, 2.05) is 0 Å². The first-order valence-electron chi connectivity index (χ1n) is 11.4. The molecule has 0 bridgehead atoms. The molecule has 0 saturated carbocycles. The van der Waals surface area contributed by atoms with E-state index in [9.17, 15) is 0 Å². The molecule has 2 aliphatic rings. The molecule has 6 heteroatoms. The molecule has 0 unspecified atom stereocenters. The molecule has 2 aliphatic heterocycles. The van der Waals surface area contributed by atoms with Crippen molar-refractivity contribution in [3.05, 3.63) is 29.8 Å². The Balaban J connectivity index is 1.42. The summed E-state index contributed by atoms with van der Waals surface area (Å²) in [5, 5.41) is 6.83. The van der Waals surface area contributed by atoms with Crippen LogP contribution < -0.4 is 15.5 Å². The van der Waals surface area contributed by atoms with Crippen molar-refractivity contribution in [2.75, 3.05) is 63.9 Å². The van der Waals surface area contributed by atoms with Gasteiger partial charge in [-0.3, -0.25) is 4.90 Å². The Bertz CT molecular complexity index is 604. The maximum atomic E-state index is 5.41. The van der Waals surface area contributed by atoms with E-state index in [-0.39, 0.29) is 0 Å². The molecule has 2 N–H and O–H groups in total. The van der Waals surface area contributed by atoms with Gasteiger partial charge in [0.15, 0.2) is 5.96 Å². The highest BCUT2D eigenvalue weighted by molar-refractivity contribution is 5.79. The molecule has 0 aliphatic carbocycles. The fourth-order valence-electron chi connectivity index (χ4n) is 3.93. The molecule has 1 aromatic rings. The molecule has 6 nitrogen and oxygen atoms in total. The largest absolute Gasteiger partial charge is 0.379 e. The molecule has 29 heavy (non-hydrogen) atoms. The molecule has 162 valence electrons. The minimum absolute atomic E-state index is 0.704. The number of aliphatic imine (C=N–C) groups is 1. The summed E-state index contributed by atoms with van der Waals surface area (Å²) in [7, 11) is 0. The molecule has 2 fully saturated rings. The van der Waals surface area contributed by atoms with E-state index >= 15 is 0 Å². The van der Waals surface area contributed by atoms with Crippen molar-refractivity contribution in [2.24, 2.45) is 10.9 Å². The average molecular weight is 402 g/mol. The second kappa shape index (κ2) is 12.0. The summed E-state index contributed by atoms with van der Waals surface area (Å²) in [6.45, 7) is 14.3. The van der Waals surface area contributed by atoms with Crippen LogP contribution in [0.4, 0.5) is 5.69 Å². The second-order valence-electron chi connectivity index (χ2n) is 8.27. The van der Waals surface area contributed by atoms with Gasteiger partial charge in [-0.05, 0) is 56.3 Å². The normalized spacial score (nSPS) is 19.4. The highest BCUT2D eigenvalue weighted by atomic mass is 16.5. The molecule has 3 rings (SSSR count). The van der Waals surface area contributed by atoms with Crippen LogP contribution in [0.25, 0.3) is 0 Å². The van der Waals surface area contributed by atoms with E-state index < -0.39 is 0 Å². The predicted molar refractivity (Wildman–Crippen MR) is 122 cm³/mol. The second-order valence-corrected chi connectivity index (χ2v) is 8.27. The van der Waals surface area contributed by atoms with Gasteiger partial charge in [0.25, 0.3) is 0 Å². The highest BCUT2D eigenvalue weighted by Gasteiger charge is 2.15. The van der Waals surface area contributed by atoms with Gasteiger partial charge in [-0.2, -0.15) is 0 Å². The lowest BCUT2D eigenvalue weighted by Crippen LogP contribution is -2.40. The molecule has 0 atom stereocenters. The van der Waals surface area contributed by atoms with Crippen LogP contribution >= 0.6 is 0 Å². The van der Waals surface area contributed by atoms with Crippen LogP contribution in [0.2, 0.25) is 0 Å². The molecule has 0 amide bonds. The van der Waals surface area contributed by atoms with Crippen LogP contribution in [0.15, 0.2) is 29.3 Å². The topological polar surface area (TPSA) is 52.1 Å². The highest BCUT2D eigenvalue weighted by Crippen LogP contribution is 2.23. The maximum absolute atomic E-state index is 5.41. The van der Waals surface area contributed by atoms with Crippen LogP contribution in [0.5, 0.6) is 0 Å². The Morgan fingerprint density at radius 2 is 1.79 bits per heavy atom. The van der Waals surface area contributed by atoms with Crippen molar-refractivity contribution in [2.45, 2.75) is 39.7 Å². The van der Waals surface area contributed by atoms with Crippen LogP contribution in [0.3, 0.4) is 0 Å². The SMILES string of the molecule is CCNC(=NCc1ccc(N2CCC(C)CC2)cc1)NCCCN1CCOCC1. The van der Waals surface area contributed by atoms with Gasteiger partial charge in [-0.25, -0.2) is 4.99 Å². The number of nitrogens with zero attached hydrogens (tertiary/aromatic N) is 3. The summed E-state index contributed by atoms with van der Waals surface area (Å²) in [6, 6.07) is 8.95. The van der Waals surface area contributed by atoms with E-state index in [2.05, 4.69) is 58.5 Å². The number of piperidine rings is 1. The van der Waals surface area contributed by atoms with Gasteiger partial charge in [0.1, 0.15) is 0 Å². The van der Waals surface area contributed by atoms with Crippen molar-refractivity contribution < 1.29 is 4.74 Å². The van der Waals surface area contributed by atoms with Crippen LogP contribution in [-0.4, -0.2) is 69.9 Å². The minimum Gasteiger partial charge on any atom is -0.379 e. The number of morpholine rings is 1. The molecular weight excluding hydrogens is 362 g/mol. The standard InChI is InChI=1S/C23H39N5O/c1-3-24-23(25-11-4-12-27-15-17-29-18-16-27)26-19-21-5-7-22(8-6-21)28-13-9-20(2)10-14-28/h5-8,20H,3-4,9-19H2,1-2H3,(H2,24,25,26). The van der Waals surface area contributed by atoms with Gasteiger partial charge < -0.3 is 20.3 Å². The molecule has 0 spiro atoms. The van der Waals surface area contributed by atoms with Gasteiger partial charge in [-0.1, -0.05) is 19.1 Å². The fourth-order valence-corrected chi connectivity index (χ4v) is 3.93. The van der Waals surface area contributed by atoms with Crippen LogP contribution in [0.1, 0.15) is 38.7 Å². The van der Waals surface area contributed by atoms with Gasteiger partial charge in [-0.15, -0.1) is 0 Å². The quantitative estimate of drug-likeness (QED) is 0.399. The zero-order chi connectivity index (χ0) is 20.3. The smallest absolute Gasteiger partial charge is 0.191 e. The molecular formula is C23H39N5O. The lowest BCUT2D eigenvalue weighted by Gasteiger charge is -2.32. The number of nitrogens with one attached hydrogen (secondary N) is 2. The van der Waals surface area contributed by atoms with Crippen molar-refractivity contribution in [1.82, 2.24) is 15.5 Å². The third kappa shape index (κ3) is 7.52. The molecule has 0 aromatic heterocycles. The van der Waals surface area contributed by atoms with Crippen molar-refractivity contribution in [3.8, 4) is 0 Å². The lowest BCUT2D eigenvalue weighted by molar-refractivity contribution is 0.0376. The molecule has 2 heterocycles. The zero-order valence-electron chi connectivity index (χ0n) is 18.3. The monoisotopic (exact) mass is 401 g/mol. The van der Waals surface area contributed by atoms with Gasteiger partial charge in [0.2, 0.25) is 0 Å². The summed E-state index contributed by atoms with van der Waals surface area (Å²) in [4.78, 5) is 9.75. The number of guanidine groups is 1. The Kier molecular flexibility index (Phi) is 9.09. The van der Waals surface area contributed by atoms with Crippen LogP contribution in [-0.2, 0) is 11.3 Å². The maximum Gasteiger partial charge on any atom is 0.191 e. The van der Waals surface area contributed by atoms with E-state index in [0.29, 0.717) is 6.54 Å². The summed E-state index contributed by atoms with van der Waals surface area (Å²) >= 11 is 0. The summed E-state index contributed by atoms with van der Waals surface area (Å²) < 4.78 is 5.41. The number of anilines is 1. The number of rotatable bonds is 8. The van der Waals surface area contributed by atoms with Gasteiger partial charge in [0.05, 0.1) is 19.8 Å². The van der Waals surface area contributed by atoms with E-state index in [1.165, 1.54) is 37.2 Å². The minimum atomic E-state index is 0.704. The average Bonchev–Trinajstić information content (AvgIpc) is 2.76. The number of ether oxygens (including phenoxy) is 1. The summed E-state index contributed by atoms with van der Waals surface area (Å²) in [5.74, 6) is 1.77. The first-order valence-corrected chi connectivity index (χ1v) is 11.4. The van der Waals surface area contributed by atoms with Gasteiger partial charge in [0, 0.05) is 45.0 Å². The Hall–Kier alpha value is -1.79. The Morgan fingerprint density at radius 3 is 2.48 bits per heavy atom. The number of hydrogen-bond acceptors (Lipinski definition) is 4. The first-order chi connectivity index (χ1) is 14.2. The lowest BCUT2D eigenvalue weighted by atomic mass is 9.99.